The monoisotopic (exact) mass is 625 g/mol. The maximum absolute atomic E-state index is 7.23. The molecule has 2 aromatic heterocycles. The van der Waals surface area contributed by atoms with E-state index in [0.717, 1.165) is 0 Å². The van der Waals surface area contributed by atoms with Crippen LogP contribution in [0.2, 0.25) is 5.04 Å². The van der Waals surface area contributed by atoms with Gasteiger partial charge in [0, 0.05) is 18.6 Å². The number of nitrogen functional groups attached to an aromatic ring is 1. The van der Waals surface area contributed by atoms with Crippen LogP contribution in [0.15, 0.2) is 104 Å². The highest BCUT2D eigenvalue weighted by Gasteiger charge is 2.51. The third kappa shape index (κ3) is 5.83. The summed E-state index contributed by atoms with van der Waals surface area (Å²) in [7, 11) is -2.84. The molecule has 44 heavy (non-hydrogen) atoms. The molecule has 11 heteroatoms. The minimum Gasteiger partial charge on any atom is -0.450 e. The Bertz CT molecular complexity index is 1680. The number of hydrogen-bond donors (Lipinski definition) is 1. The predicted molar refractivity (Wildman–Crippen MR) is 176 cm³/mol. The summed E-state index contributed by atoms with van der Waals surface area (Å²) in [5.74, 6) is 0.907. The summed E-state index contributed by atoms with van der Waals surface area (Å²) in [6.45, 7) is 7.01. The largest absolute Gasteiger partial charge is 0.450 e. The van der Waals surface area contributed by atoms with Crippen LogP contribution in [0.3, 0.4) is 0 Å². The molecule has 226 valence electrons. The first-order valence-electron chi connectivity index (χ1n) is 14.5. The van der Waals surface area contributed by atoms with Crippen LogP contribution in [-0.2, 0) is 13.9 Å². The van der Waals surface area contributed by atoms with Crippen molar-refractivity contribution in [3.05, 3.63) is 104 Å². The van der Waals surface area contributed by atoms with Gasteiger partial charge in [0.15, 0.2) is 11.5 Å². The molecule has 0 radical (unpaired) electrons. The van der Waals surface area contributed by atoms with Gasteiger partial charge in [0.1, 0.15) is 36.0 Å². The highest BCUT2D eigenvalue weighted by Crippen LogP contribution is 2.39. The first-order chi connectivity index (χ1) is 21.3. The van der Waals surface area contributed by atoms with E-state index in [0.29, 0.717) is 29.2 Å². The van der Waals surface area contributed by atoms with Gasteiger partial charge in [-0.1, -0.05) is 99.6 Å². The van der Waals surface area contributed by atoms with Crippen LogP contribution in [0.25, 0.3) is 11.2 Å². The first kappa shape index (κ1) is 29.9. The topological polar surface area (TPSA) is 107 Å². The van der Waals surface area contributed by atoms with Gasteiger partial charge < -0.3 is 24.4 Å². The van der Waals surface area contributed by atoms with Crippen molar-refractivity contribution in [2.24, 2.45) is 0 Å². The maximum atomic E-state index is 7.23. The molecule has 1 saturated heterocycles. The van der Waals surface area contributed by atoms with Crippen LogP contribution < -0.4 is 20.8 Å². The Morgan fingerprint density at radius 2 is 1.55 bits per heavy atom. The average Bonchev–Trinajstić information content (AvgIpc) is 3.63. The number of ether oxygens (including phenoxy) is 3. The lowest BCUT2D eigenvalue weighted by molar-refractivity contribution is -0.0394. The molecule has 3 heterocycles. The van der Waals surface area contributed by atoms with Crippen LogP contribution in [0, 0.1) is 0 Å². The zero-order valence-electron chi connectivity index (χ0n) is 24.9. The Hall–Kier alpha value is -4.16. The van der Waals surface area contributed by atoms with Crippen molar-refractivity contribution in [1.29, 1.82) is 0 Å². The number of benzene rings is 3. The number of nitrogens with zero attached hydrogens (tertiary/aromatic N) is 4. The zero-order valence-corrected chi connectivity index (χ0v) is 26.7. The lowest BCUT2D eigenvalue weighted by atomic mass is 10.2. The van der Waals surface area contributed by atoms with Crippen LogP contribution in [0.4, 0.5) is 5.82 Å². The molecule has 2 N–H and O–H groups in total. The molecule has 1 aliphatic rings. The molecule has 0 bridgehead atoms. The van der Waals surface area contributed by atoms with E-state index in [-0.39, 0.29) is 16.9 Å². The van der Waals surface area contributed by atoms with Gasteiger partial charge in [-0.3, -0.25) is 4.57 Å². The molecular formula is C33H35N5O4SSi. The molecule has 0 amide bonds. The van der Waals surface area contributed by atoms with Crippen molar-refractivity contribution < 1.29 is 18.6 Å². The van der Waals surface area contributed by atoms with E-state index in [1.807, 2.05) is 47.0 Å². The number of nitrogens with two attached hydrogens (primary N) is 1. The van der Waals surface area contributed by atoms with E-state index in [9.17, 15) is 0 Å². The maximum Gasteiger partial charge on any atom is 0.358 e. The van der Waals surface area contributed by atoms with Crippen molar-refractivity contribution in [2.75, 3.05) is 12.3 Å². The smallest absolute Gasteiger partial charge is 0.358 e. The molecule has 9 nitrogen and oxygen atoms in total. The van der Waals surface area contributed by atoms with Crippen LogP contribution >= 0.6 is 12.2 Å². The third-order valence-electron chi connectivity index (χ3n) is 7.95. The predicted octanol–water partition coefficient (Wildman–Crippen LogP) is 5.02. The Morgan fingerprint density at radius 1 is 0.932 bits per heavy atom. The van der Waals surface area contributed by atoms with Gasteiger partial charge in [0.2, 0.25) is 0 Å². The number of para-hydroxylation sites is 1. The molecule has 0 aliphatic carbocycles. The fourth-order valence-electron chi connectivity index (χ4n) is 5.93. The quantitative estimate of drug-likeness (QED) is 0.188. The SMILES string of the molecule is CC(C)(C)[Si](OC[C@H]1O[C@@H](n2cnc3c(N)ncnc32)C[C@@H]1OC(=S)Oc1ccccc1)(c1ccccc1)c1ccccc1. The molecule has 6 rings (SSSR count). The summed E-state index contributed by atoms with van der Waals surface area (Å²) in [6.07, 6.45) is 2.16. The number of hydrogen-bond acceptors (Lipinski definition) is 9. The van der Waals surface area contributed by atoms with Crippen LogP contribution in [0.5, 0.6) is 5.75 Å². The molecule has 1 fully saturated rings. The number of rotatable bonds is 8. The van der Waals surface area contributed by atoms with E-state index in [2.05, 4.69) is 84.3 Å². The molecule has 5 aromatic rings. The van der Waals surface area contributed by atoms with E-state index in [1.165, 1.54) is 16.7 Å². The highest BCUT2D eigenvalue weighted by molar-refractivity contribution is 7.79. The normalized spacial score (nSPS) is 18.8. The fourth-order valence-corrected chi connectivity index (χ4v) is 10.7. The van der Waals surface area contributed by atoms with E-state index in [4.69, 9.17) is 36.6 Å². The average molecular weight is 626 g/mol. The lowest BCUT2D eigenvalue weighted by Gasteiger charge is -2.43. The summed E-state index contributed by atoms with van der Waals surface area (Å²) in [4.78, 5) is 12.9. The number of imidazole rings is 1. The Balaban J connectivity index is 1.33. The van der Waals surface area contributed by atoms with Crippen molar-refractivity contribution in [3.63, 3.8) is 0 Å². The molecule has 1 aliphatic heterocycles. The Kier molecular flexibility index (Phi) is 8.45. The summed E-state index contributed by atoms with van der Waals surface area (Å²) >= 11 is 5.54. The van der Waals surface area contributed by atoms with Gasteiger partial charge in [0.05, 0.1) is 12.9 Å². The minimum atomic E-state index is -2.84. The van der Waals surface area contributed by atoms with E-state index < -0.39 is 26.8 Å². The van der Waals surface area contributed by atoms with Crippen LogP contribution in [-0.4, -0.2) is 51.9 Å². The lowest BCUT2D eigenvalue weighted by Crippen LogP contribution is -2.67. The number of anilines is 1. The van der Waals surface area contributed by atoms with Crippen molar-refractivity contribution in [1.82, 2.24) is 19.5 Å². The molecule has 3 aromatic carbocycles. The summed E-state index contributed by atoms with van der Waals surface area (Å²) < 4.78 is 27.9. The summed E-state index contributed by atoms with van der Waals surface area (Å²) in [5, 5.41) is 2.18. The van der Waals surface area contributed by atoms with Gasteiger partial charge in [-0.25, -0.2) is 15.0 Å². The second kappa shape index (κ2) is 12.4. The minimum absolute atomic E-state index is 0.0166. The van der Waals surface area contributed by atoms with Gasteiger partial charge in [-0.15, -0.1) is 0 Å². The Morgan fingerprint density at radius 3 is 2.16 bits per heavy atom. The molecule has 0 saturated carbocycles. The second-order valence-electron chi connectivity index (χ2n) is 11.7. The number of fused-ring (bicyclic) bond motifs is 1. The van der Waals surface area contributed by atoms with Gasteiger partial charge in [-0.2, -0.15) is 0 Å². The standard InChI is InChI=1S/C33H35N5O4SSi/c1-33(2,3)44(24-15-9-5-10-16-24,25-17-11-6-12-18-25)39-20-27-26(42-32(43)40-23-13-7-4-8-14-23)19-28(41-27)38-22-37-29-30(34)35-21-36-31(29)38/h4-18,21-22,26-28H,19-20H2,1-3H3,(H2,34,35,36)/t26-,27+,28+/m0/s1. The van der Waals surface area contributed by atoms with Crippen LogP contribution in [0.1, 0.15) is 33.4 Å². The first-order valence-corrected chi connectivity index (χ1v) is 16.8. The van der Waals surface area contributed by atoms with Crippen molar-refractivity contribution >= 4 is 53.1 Å². The fraction of sp³-hybridized carbons (Fsp3) is 0.273. The summed E-state index contributed by atoms with van der Waals surface area (Å²) in [6, 6.07) is 30.3. The zero-order chi connectivity index (χ0) is 30.7. The van der Waals surface area contributed by atoms with E-state index >= 15 is 0 Å². The summed E-state index contributed by atoms with van der Waals surface area (Å²) in [5.41, 5.74) is 7.17. The molecular weight excluding hydrogens is 591 g/mol. The van der Waals surface area contributed by atoms with Gasteiger partial charge in [-0.05, 0) is 27.5 Å². The van der Waals surface area contributed by atoms with Gasteiger partial charge in [0.25, 0.3) is 8.32 Å². The molecule has 0 unspecified atom stereocenters. The van der Waals surface area contributed by atoms with Crippen molar-refractivity contribution in [2.45, 2.75) is 50.7 Å². The Labute approximate surface area is 263 Å². The third-order valence-corrected chi connectivity index (χ3v) is 13.1. The van der Waals surface area contributed by atoms with E-state index in [1.54, 1.807) is 6.33 Å². The highest BCUT2D eigenvalue weighted by atomic mass is 32.1. The second-order valence-corrected chi connectivity index (χ2v) is 16.4. The molecule has 3 atom stereocenters. The van der Waals surface area contributed by atoms with Gasteiger partial charge >= 0.3 is 5.24 Å². The number of thiocarbonyl (C=S) groups is 1. The number of aromatic nitrogens is 4. The molecule has 0 spiro atoms. The van der Waals surface area contributed by atoms with Crippen molar-refractivity contribution in [3.8, 4) is 5.75 Å².